The van der Waals surface area contributed by atoms with Crippen LogP contribution in [0.3, 0.4) is 0 Å². The minimum atomic E-state index is -0.199. The first kappa shape index (κ1) is 23.3. The lowest BCUT2D eigenvalue weighted by atomic mass is 9.85. The Morgan fingerprint density at radius 3 is 2.27 bits per heavy atom. The Morgan fingerprint density at radius 1 is 0.909 bits per heavy atom. The maximum Gasteiger partial charge on any atom is 0.223 e. The smallest absolute Gasteiger partial charge is 0.223 e. The van der Waals surface area contributed by atoms with Gasteiger partial charge in [0.2, 0.25) is 5.91 Å². The molecule has 1 fully saturated rings. The summed E-state index contributed by atoms with van der Waals surface area (Å²) in [6.07, 6.45) is 7.48. The molecule has 2 aromatic rings. The van der Waals surface area contributed by atoms with Crippen LogP contribution in [0.1, 0.15) is 55.7 Å². The normalized spacial score (nSPS) is 18.4. The first-order valence-corrected chi connectivity index (χ1v) is 11.9. The molecule has 1 atom stereocenters. The molecule has 0 N–H and O–H groups in total. The zero-order chi connectivity index (χ0) is 23.2. The summed E-state index contributed by atoms with van der Waals surface area (Å²) in [7, 11) is 4.92. The Morgan fingerprint density at radius 2 is 1.58 bits per heavy atom. The number of ether oxygens (including phenoxy) is 4. The third-order valence-electron chi connectivity index (χ3n) is 6.98. The highest BCUT2D eigenvalue weighted by Crippen LogP contribution is 2.40. The van der Waals surface area contributed by atoms with E-state index in [2.05, 4.69) is 0 Å². The predicted octanol–water partition coefficient (Wildman–Crippen LogP) is 5.19. The molecule has 0 unspecified atom stereocenters. The van der Waals surface area contributed by atoms with Crippen molar-refractivity contribution in [2.75, 3.05) is 34.5 Å². The van der Waals surface area contributed by atoms with Gasteiger partial charge >= 0.3 is 0 Å². The molecule has 1 amide bonds. The number of benzene rings is 2. The molecule has 178 valence electrons. The van der Waals surface area contributed by atoms with Crippen LogP contribution in [0.15, 0.2) is 36.4 Å². The van der Waals surface area contributed by atoms with Crippen molar-refractivity contribution in [1.82, 2.24) is 4.90 Å². The SMILES string of the molecule is COc1cc2c(cc1OC)[C@@H](COc1ccccc1OC)N(C(=O)CC1CCCCC1)CC2. The van der Waals surface area contributed by atoms with Gasteiger partial charge in [-0.25, -0.2) is 0 Å². The zero-order valence-corrected chi connectivity index (χ0v) is 20.0. The van der Waals surface area contributed by atoms with Crippen molar-refractivity contribution < 1.29 is 23.7 Å². The quantitative estimate of drug-likeness (QED) is 0.551. The van der Waals surface area contributed by atoms with E-state index in [-0.39, 0.29) is 11.9 Å². The van der Waals surface area contributed by atoms with E-state index in [0.29, 0.717) is 48.5 Å². The van der Waals surface area contributed by atoms with Crippen molar-refractivity contribution in [2.24, 2.45) is 5.92 Å². The van der Waals surface area contributed by atoms with Gasteiger partial charge in [-0.1, -0.05) is 31.4 Å². The van der Waals surface area contributed by atoms with Gasteiger partial charge in [-0.3, -0.25) is 4.79 Å². The lowest BCUT2D eigenvalue weighted by molar-refractivity contribution is -0.136. The van der Waals surface area contributed by atoms with E-state index in [4.69, 9.17) is 18.9 Å². The average molecular weight is 454 g/mol. The molecule has 6 nitrogen and oxygen atoms in total. The fraction of sp³-hybridized carbons (Fsp3) is 0.519. The largest absolute Gasteiger partial charge is 0.493 e. The van der Waals surface area contributed by atoms with Crippen LogP contribution in [-0.4, -0.2) is 45.3 Å². The van der Waals surface area contributed by atoms with Crippen LogP contribution in [0, 0.1) is 5.92 Å². The number of carbonyl (C=O) groups excluding carboxylic acids is 1. The Hall–Kier alpha value is -2.89. The summed E-state index contributed by atoms with van der Waals surface area (Å²) in [4.78, 5) is 15.5. The Kier molecular flexibility index (Phi) is 7.63. The topological polar surface area (TPSA) is 57.2 Å². The predicted molar refractivity (Wildman–Crippen MR) is 127 cm³/mol. The molecule has 4 rings (SSSR count). The van der Waals surface area contributed by atoms with Gasteiger partial charge in [0.25, 0.3) is 0 Å². The second-order valence-corrected chi connectivity index (χ2v) is 8.93. The number of hydrogen-bond donors (Lipinski definition) is 0. The first-order valence-electron chi connectivity index (χ1n) is 11.9. The molecule has 1 aliphatic carbocycles. The number of amides is 1. The van der Waals surface area contributed by atoms with E-state index < -0.39 is 0 Å². The molecule has 0 spiro atoms. The van der Waals surface area contributed by atoms with Gasteiger partial charge in [-0.15, -0.1) is 0 Å². The van der Waals surface area contributed by atoms with E-state index in [0.717, 1.165) is 24.8 Å². The van der Waals surface area contributed by atoms with Crippen LogP contribution < -0.4 is 18.9 Å². The van der Waals surface area contributed by atoms with Crippen LogP contribution in [0.4, 0.5) is 0 Å². The third-order valence-corrected chi connectivity index (χ3v) is 6.98. The molecule has 1 saturated carbocycles. The van der Waals surface area contributed by atoms with Gasteiger partial charge in [0.15, 0.2) is 23.0 Å². The maximum absolute atomic E-state index is 13.5. The average Bonchev–Trinajstić information content (AvgIpc) is 2.86. The third kappa shape index (κ3) is 5.21. The van der Waals surface area contributed by atoms with Crippen molar-refractivity contribution >= 4 is 5.91 Å². The standard InChI is InChI=1S/C27H35NO5/c1-30-23-11-7-8-12-24(23)33-18-22-21-17-26(32-3)25(31-2)16-20(21)13-14-28(22)27(29)15-19-9-5-4-6-10-19/h7-8,11-12,16-17,19,22H,4-6,9-10,13-15,18H2,1-3H3/t22-/m1/s1. The second kappa shape index (κ2) is 10.8. The molecule has 1 heterocycles. The Labute approximate surface area is 196 Å². The van der Waals surface area contributed by atoms with Crippen molar-refractivity contribution in [3.05, 3.63) is 47.5 Å². The lowest BCUT2D eigenvalue weighted by Gasteiger charge is -2.38. The molecule has 0 saturated heterocycles. The fourth-order valence-corrected chi connectivity index (χ4v) is 5.17. The summed E-state index contributed by atoms with van der Waals surface area (Å²) < 4.78 is 22.8. The van der Waals surface area contributed by atoms with Gasteiger partial charge in [0.1, 0.15) is 6.61 Å². The van der Waals surface area contributed by atoms with E-state index >= 15 is 0 Å². The fourth-order valence-electron chi connectivity index (χ4n) is 5.17. The van der Waals surface area contributed by atoms with Crippen molar-refractivity contribution in [3.63, 3.8) is 0 Å². The molecule has 0 aromatic heterocycles. The molecule has 2 aromatic carbocycles. The lowest BCUT2D eigenvalue weighted by Crippen LogP contribution is -2.43. The minimum absolute atomic E-state index is 0.199. The molecule has 0 radical (unpaired) electrons. The summed E-state index contributed by atoms with van der Waals surface area (Å²) in [6.45, 7) is 1.02. The summed E-state index contributed by atoms with van der Waals surface area (Å²) in [5.74, 6) is 3.45. The maximum atomic E-state index is 13.5. The van der Waals surface area contributed by atoms with Gasteiger partial charge in [-0.2, -0.15) is 0 Å². The highest BCUT2D eigenvalue weighted by molar-refractivity contribution is 5.77. The van der Waals surface area contributed by atoms with Crippen molar-refractivity contribution in [1.29, 1.82) is 0 Å². The summed E-state index contributed by atoms with van der Waals surface area (Å²) in [5, 5.41) is 0. The van der Waals surface area contributed by atoms with Crippen LogP contribution in [-0.2, 0) is 11.2 Å². The number of fused-ring (bicyclic) bond motifs is 1. The number of para-hydroxylation sites is 2. The van der Waals surface area contributed by atoms with E-state index in [1.54, 1.807) is 21.3 Å². The van der Waals surface area contributed by atoms with Gasteiger partial charge in [0.05, 0.1) is 27.4 Å². The minimum Gasteiger partial charge on any atom is -0.493 e. The summed E-state index contributed by atoms with van der Waals surface area (Å²) >= 11 is 0. The monoisotopic (exact) mass is 453 g/mol. The van der Waals surface area contributed by atoms with Crippen LogP contribution in [0.2, 0.25) is 0 Å². The number of rotatable bonds is 8. The number of nitrogens with zero attached hydrogens (tertiary/aromatic N) is 1. The number of hydrogen-bond acceptors (Lipinski definition) is 5. The highest BCUT2D eigenvalue weighted by Gasteiger charge is 2.34. The van der Waals surface area contributed by atoms with Gasteiger partial charge in [-0.05, 0) is 60.6 Å². The summed E-state index contributed by atoms with van der Waals surface area (Å²) in [6, 6.07) is 11.5. The van der Waals surface area contributed by atoms with Gasteiger partial charge in [0, 0.05) is 13.0 Å². The van der Waals surface area contributed by atoms with E-state index in [1.807, 2.05) is 41.3 Å². The molecule has 0 bridgehead atoms. The van der Waals surface area contributed by atoms with Crippen LogP contribution in [0.25, 0.3) is 0 Å². The Balaban J connectivity index is 1.62. The second-order valence-electron chi connectivity index (χ2n) is 8.93. The summed E-state index contributed by atoms with van der Waals surface area (Å²) in [5.41, 5.74) is 2.23. The zero-order valence-electron chi connectivity index (χ0n) is 20.0. The molecular formula is C27H35NO5. The van der Waals surface area contributed by atoms with Gasteiger partial charge < -0.3 is 23.8 Å². The number of methoxy groups -OCH3 is 3. The molecule has 6 heteroatoms. The number of carbonyl (C=O) groups is 1. The first-order chi connectivity index (χ1) is 16.1. The Bertz CT molecular complexity index is 954. The van der Waals surface area contributed by atoms with Crippen LogP contribution in [0.5, 0.6) is 23.0 Å². The molecular weight excluding hydrogens is 418 g/mol. The van der Waals surface area contributed by atoms with Crippen molar-refractivity contribution in [2.45, 2.75) is 51.0 Å². The van der Waals surface area contributed by atoms with E-state index in [1.165, 1.54) is 24.8 Å². The highest BCUT2D eigenvalue weighted by atomic mass is 16.5. The molecule has 2 aliphatic rings. The van der Waals surface area contributed by atoms with E-state index in [9.17, 15) is 4.79 Å². The molecule has 33 heavy (non-hydrogen) atoms. The van der Waals surface area contributed by atoms with Crippen molar-refractivity contribution in [3.8, 4) is 23.0 Å². The van der Waals surface area contributed by atoms with Crippen LogP contribution >= 0.6 is 0 Å². The molecule has 1 aliphatic heterocycles.